The number of aromatic nitrogens is 1. The lowest BCUT2D eigenvalue weighted by Gasteiger charge is -2.08. The summed E-state index contributed by atoms with van der Waals surface area (Å²) in [7, 11) is 0. The average Bonchev–Trinajstić information content (AvgIpc) is 2.34. The fraction of sp³-hybridized carbons (Fsp3) is 0.250. The molecule has 0 saturated carbocycles. The van der Waals surface area contributed by atoms with E-state index in [4.69, 9.17) is 5.26 Å². The second-order valence-corrected chi connectivity index (χ2v) is 4.75. The Hall–Kier alpha value is -2.14. The third-order valence-corrected chi connectivity index (χ3v) is 3.17. The van der Waals surface area contributed by atoms with E-state index >= 15 is 0 Å². The lowest BCUT2D eigenvalue weighted by Crippen LogP contribution is -2.34. The number of nitriles is 1. The topological polar surface area (TPSA) is 27.7 Å². The quantitative estimate of drug-likeness (QED) is 0.738. The summed E-state index contributed by atoms with van der Waals surface area (Å²) in [6.07, 6.45) is 3.89. The van der Waals surface area contributed by atoms with Gasteiger partial charge in [-0.1, -0.05) is 17.7 Å². The first-order valence-corrected chi connectivity index (χ1v) is 6.06. The number of benzene rings is 1. The van der Waals surface area contributed by atoms with Crippen LogP contribution >= 0.6 is 0 Å². The van der Waals surface area contributed by atoms with Gasteiger partial charge in [0.05, 0.1) is 0 Å². The molecule has 2 heteroatoms. The maximum Gasteiger partial charge on any atom is 0.186 e. The van der Waals surface area contributed by atoms with Crippen molar-refractivity contribution in [2.45, 2.75) is 27.3 Å². The van der Waals surface area contributed by atoms with Crippen molar-refractivity contribution in [3.05, 3.63) is 64.5 Å². The van der Waals surface area contributed by atoms with Crippen LogP contribution in [0.5, 0.6) is 0 Å². The van der Waals surface area contributed by atoms with Crippen LogP contribution in [0.1, 0.15) is 27.8 Å². The van der Waals surface area contributed by atoms with E-state index in [1.807, 2.05) is 24.5 Å². The van der Waals surface area contributed by atoms with E-state index in [-0.39, 0.29) is 0 Å². The molecule has 0 N–H and O–H groups in total. The van der Waals surface area contributed by atoms with Gasteiger partial charge in [-0.25, -0.2) is 0 Å². The van der Waals surface area contributed by atoms with E-state index in [9.17, 15) is 0 Å². The molecule has 2 rings (SSSR count). The summed E-state index contributed by atoms with van der Waals surface area (Å²) in [5.41, 5.74) is 5.94. The van der Waals surface area contributed by atoms with Crippen LogP contribution < -0.4 is 4.57 Å². The standard InChI is InChI=1S/C16H17N2/c1-12-7-13(2)16(14(3)8-12)11-18-6-4-5-15(9-17)10-18/h4-8,10H,11H2,1-3H3/q+1. The number of nitrogens with zero attached hydrogens (tertiary/aromatic N) is 2. The molecule has 2 aromatic rings. The Morgan fingerprint density at radius 1 is 1.17 bits per heavy atom. The number of pyridine rings is 1. The molecule has 1 aromatic heterocycles. The van der Waals surface area contributed by atoms with Crippen molar-refractivity contribution in [1.29, 1.82) is 5.26 Å². The Kier molecular flexibility index (Phi) is 3.43. The molecule has 0 radical (unpaired) electrons. The summed E-state index contributed by atoms with van der Waals surface area (Å²) in [4.78, 5) is 0. The van der Waals surface area contributed by atoms with Crippen molar-refractivity contribution in [3.8, 4) is 6.07 Å². The number of hydrogen-bond acceptors (Lipinski definition) is 1. The van der Waals surface area contributed by atoms with Crippen molar-refractivity contribution in [2.75, 3.05) is 0 Å². The molecule has 0 amide bonds. The van der Waals surface area contributed by atoms with Gasteiger partial charge in [-0.15, -0.1) is 0 Å². The largest absolute Gasteiger partial charge is 0.199 e. The van der Waals surface area contributed by atoms with E-state index in [0.717, 1.165) is 6.54 Å². The molecule has 0 bridgehead atoms. The minimum atomic E-state index is 0.694. The zero-order chi connectivity index (χ0) is 13.1. The number of hydrogen-bond donors (Lipinski definition) is 0. The highest BCUT2D eigenvalue weighted by molar-refractivity contribution is 5.36. The first-order chi connectivity index (χ1) is 8.60. The highest BCUT2D eigenvalue weighted by atomic mass is 14.9. The molecule has 0 saturated heterocycles. The van der Waals surface area contributed by atoms with Crippen LogP contribution in [0.3, 0.4) is 0 Å². The minimum absolute atomic E-state index is 0.694. The van der Waals surface area contributed by atoms with Gasteiger partial charge >= 0.3 is 0 Å². The predicted octanol–water partition coefficient (Wildman–Crippen LogP) is 2.82. The van der Waals surface area contributed by atoms with Gasteiger partial charge < -0.3 is 0 Å². The zero-order valence-corrected chi connectivity index (χ0v) is 11.1. The summed E-state index contributed by atoms with van der Waals surface area (Å²) in [5.74, 6) is 0. The molecule has 18 heavy (non-hydrogen) atoms. The molecule has 2 nitrogen and oxygen atoms in total. The highest BCUT2D eigenvalue weighted by Gasteiger charge is 2.10. The molecular formula is C16H17N2+. The Morgan fingerprint density at radius 2 is 1.83 bits per heavy atom. The molecule has 90 valence electrons. The van der Waals surface area contributed by atoms with Crippen molar-refractivity contribution >= 4 is 0 Å². The van der Waals surface area contributed by atoms with Crippen molar-refractivity contribution in [2.24, 2.45) is 0 Å². The summed E-state index contributed by atoms with van der Waals surface area (Å²) in [5, 5.41) is 8.91. The zero-order valence-electron chi connectivity index (χ0n) is 11.1. The maximum absolute atomic E-state index is 8.91. The Labute approximate surface area is 108 Å². The fourth-order valence-corrected chi connectivity index (χ4v) is 2.33. The smallest absolute Gasteiger partial charge is 0.186 e. The van der Waals surface area contributed by atoms with E-state index in [1.165, 1.54) is 22.3 Å². The van der Waals surface area contributed by atoms with Gasteiger partial charge in [-0.05, 0) is 38.0 Å². The van der Waals surface area contributed by atoms with Gasteiger partial charge in [0.1, 0.15) is 11.6 Å². The van der Waals surface area contributed by atoms with Crippen LogP contribution in [0.15, 0.2) is 36.7 Å². The molecule has 0 unspecified atom stereocenters. The van der Waals surface area contributed by atoms with Gasteiger partial charge in [0, 0.05) is 11.6 Å². The third-order valence-electron chi connectivity index (χ3n) is 3.17. The normalized spacial score (nSPS) is 10.1. The predicted molar refractivity (Wildman–Crippen MR) is 71.1 cm³/mol. The molecule has 0 aliphatic rings. The lowest BCUT2D eigenvalue weighted by atomic mass is 10.00. The fourth-order valence-electron chi connectivity index (χ4n) is 2.33. The second-order valence-electron chi connectivity index (χ2n) is 4.75. The summed E-state index contributed by atoms with van der Waals surface area (Å²) in [6, 6.07) is 10.3. The van der Waals surface area contributed by atoms with Gasteiger partial charge in [0.25, 0.3) is 0 Å². The first kappa shape index (κ1) is 12.3. The highest BCUT2D eigenvalue weighted by Crippen LogP contribution is 2.15. The lowest BCUT2D eigenvalue weighted by molar-refractivity contribution is -0.688. The average molecular weight is 237 g/mol. The van der Waals surface area contributed by atoms with Crippen molar-refractivity contribution in [1.82, 2.24) is 0 Å². The van der Waals surface area contributed by atoms with Gasteiger partial charge in [0.2, 0.25) is 0 Å². The van der Waals surface area contributed by atoms with E-state index in [0.29, 0.717) is 5.56 Å². The van der Waals surface area contributed by atoms with Crippen LogP contribution in [0.2, 0.25) is 0 Å². The van der Waals surface area contributed by atoms with Crippen LogP contribution in [0, 0.1) is 32.1 Å². The van der Waals surface area contributed by atoms with E-state index < -0.39 is 0 Å². The Bertz CT molecular complexity index is 598. The van der Waals surface area contributed by atoms with Crippen LogP contribution in [0.25, 0.3) is 0 Å². The Morgan fingerprint density at radius 3 is 2.44 bits per heavy atom. The number of rotatable bonds is 2. The van der Waals surface area contributed by atoms with Gasteiger partial charge in [-0.3, -0.25) is 0 Å². The molecule has 0 atom stereocenters. The first-order valence-electron chi connectivity index (χ1n) is 6.06. The summed E-state index contributed by atoms with van der Waals surface area (Å²) < 4.78 is 2.06. The minimum Gasteiger partial charge on any atom is -0.199 e. The monoisotopic (exact) mass is 237 g/mol. The molecule has 1 heterocycles. The van der Waals surface area contributed by atoms with E-state index in [1.54, 1.807) is 0 Å². The van der Waals surface area contributed by atoms with Crippen LogP contribution in [-0.2, 0) is 6.54 Å². The van der Waals surface area contributed by atoms with E-state index in [2.05, 4.69) is 43.5 Å². The molecule has 0 fully saturated rings. The number of aryl methyl sites for hydroxylation is 3. The van der Waals surface area contributed by atoms with Crippen molar-refractivity contribution in [3.63, 3.8) is 0 Å². The second kappa shape index (κ2) is 5.01. The summed E-state index contributed by atoms with van der Waals surface area (Å²) >= 11 is 0. The van der Waals surface area contributed by atoms with Crippen LogP contribution in [-0.4, -0.2) is 0 Å². The Balaban J connectivity index is 2.37. The summed E-state index contributed by atoms with van der Waals surface area (Å²) in [6.45, 7) is 7.22. The molecular weight excluding hydrogens is 220 g/mol. The molecule has 0 aliphatic heterocycles. The molecule has 1 aromatic carbocycles. The molecule has 0 spiro atoms. The maximum atomic E-state index is 8.91. The van der Waals surface area contributed by atoms with Gasteiger partial charge in [-0.2, -0.15) is 9.83 Å². The third kappa shape index (κ3) is 2.57. The molecule has 0 aliphatic carbocycles. The van der Waals surface area contributed by atoms with Crippen LogP contribution in [0.4, 0.5) is 0 Å². The van der Waals surface area contributed by atoms with Gasteiger partial charge in [0.15, 0.2) is 18.9 Å². The van der Waals surface area contributed by atoms with Crippen molar-refractivity contribution < 1.29 is 4.57 Å². The SMILES string of the molecule is Cc1cc(C)c(C[n+]2cccc(C#N)c2)c(C)c1.